The van der Waals surface area contributed by atoms with Crippen LogP contribution in [0.3, 0.4) is 0 Å². The molecule has 0 atom stereocenters. The van der Waals surface area contributed by atoms with Gasteiger partial charge >= 0.3 is 5.97 Å². The van der Waals surface area contributed by atoms with E-state index < -0.39 is 0 Å². The fourth-order valence-corrected chi connectivity index (χ4v) is 3.34. The van der Waals surface area contributed by atoms with E-state index in [4.69, 9.17) is 23.5 Å². The summed E-state index contributed by atoms with van der Waals surface area (Å²) in [6.45, 7) is 5.20. The van der Waals surface area contributed by atoms with E-state index in [1.165, 1.54) is 0 Å². The molecular formula is C24H30N2O7. The maximum Gasteiger partial charge on any atom is 0.338 e. The van der Waals surface area contributed by atoms with Crippen molar-refractivity contribution in [2.75, 3.05) is 47.1 Å². The van der Waals surface area contributed by atoms with Gasteiger partial charge in [-0.2, -0.15) is 0 Å². The van der Waals surface area contributed by atoms with Gasteiger partial charge in [0.2, 0.25) is 0 Å². The molecule has 3 rings (SSSR count). The van der Waals surface area contributed by atoms with Crippen molar-refractivity contribution >= 4 is 16.9 Å². The molecular weight excluding hydrogens is 428 g/mol. The van der Waals surface area contributed by atoms with E-state index in [2.05, 4.69) is 10.1 Å². The Morgan fingerprint density at radius 2 is 1.76 bits per heavy atom. The summed E-state index contributed by atoms with van der Waals surface area (Å²) >= 11 is 0. The summed E-state index contributed by atoms with van der Waals surface area (Å²) in [4.78, 5) is 13.9. The molecule has 0 saturated heterocycles. The van der Waals surface area contributed by atoms with Crippen LogP contribution in [0.25, 0.3) is 11.0 Å². The van der Waals surface area contributed by atoms with Gasteiger partial charge in [0.25, 0.3) is 0 Å². The first-order valence-corrected chi connectivity index (χ1v) is 10.8. The van der Waals surface area contributed by atoms with Crippen molar-refractivity contribution < 1.29 is 33.4 Å². The molecule has 0 spiro atoms. The predicted octanol–water partition coefficient (Wildman–Crippen LogP) is 3.38. The molecule has 0 aliphatic carbocycles. The van der Waals surface area contributed by atoms with E-state index in [-0.39, 0.29) is 18.3 Å². The van der Waals surface area contributed by atoms with Gasteiger partial charge in [0.1, 0.15) is 23.8 Å². The summed E-state index contributed by atoms with van der Waals surface area (Å²) in [5.74, 6) is 0.355. The highest BCUT2D eigenvalue weighted by Crippen LogP contribution is 2.31. The Hall–Kier alpha value is -3.14. The van der Waals surface area contributed by atoms with Crippen molar-refractivity contribution in [3.8, 4) is 11.5 Å². The normalized spacial score (nSPS) is 11.3. The number of hydrogen-bond acceptors (Lipinski definition) is 9. The van der Waals surface area contributed by atoms with Gasteiger partial charge in [-0.15, -0.1) is 0 Å². The number of nitrogens with zero attached hydrogens (tertiary/aromatic N) is 2. The van der Waals surface area contributed by atoms with Crippen LogP contribution in [0.15, 0.2) is 40.9 Å². The third-order valence-electron chi connectivity index (χ3n) is 5.14. The Kier molecular flexibility index (Phi) is 9.05. The molecule has 33 heavy (non-hydrogen) atoms. The number of carbonyl (C=O) groups excluding carboxylic acids is 1. The number of ether oxygens (including phenoxy) is 4. The zero-order chi connectivity index (χ0) is 23.6. The second kappa shape index (κ2) is 12.2. The highest BCUT2D eigenvalue weighted by molar-refractivity contribution is 5.89. The number of carbonyl (C=O) groups is 1. The second-order valence-corrected chi connectivity index (χ2v) is 7.36. The lowest BCUT2D eigenvalue weighted by Gasteiger charge is -2.22. The van der Waals surface area contributed by atoms with E-state index in [0.717, 1.165) is 5.39 Å². The number of methoxy groups -OCH3 is 2. The number of phenolic OH excluding ortho intramolecular Hbond substituents is 1. The molecule has 0 unspecified atom stereocenters. The summed E-state index contributed by atoms with van der Waals surface area (Å²) < 4.78 is 26.8. The van der Waals surface area contributed by atoms with Crippen molar-refractivity contribution in [1.29, 1.82) is 0 Å². The molecule has 2 aromatic carbocycles. The molecule has 0 bridgehead atoms. The van der Waals surface area contributed by atoms with E-state index in [9.17, 15) is 9.90 Å². The van der Waals surface area contributed by atoms with Gasteiger partial charge in [-0.25, -0.2) is 4.79 Å². The average Bonchev–Trinajstić information content (AvgIpc) is 3.24. The minimum atomic E-state index is -0.371. The molecule has 0 fully saturated rings. The molecule has 1 heterocycles. The minimum absolute atomic E-state index is 0.139. The van der Waals surface area contributed by atoms with Crippen LogP contribution >= 0.6 is 0 Å². The maximum absolute atomic E-state index is 11.8. The van der Waals surface area contributed by atoms with Gasteiger partial charge in [0, 0.05) is 39.2 Å². The van der Waals surface area contributed by atoms with Crippen LogP contribution in [0.2, 0.25) is 0 Å². The molecule has 0 aliphatic heterocycles. The molecule has 1 aromatic heterocycles. The van der Waals surface area contributed by atoms with Crippen LogP contribution in [0, 0.1) is 0 Å². The number of benzene rings is 2. The fraction of sp³-hybridized carbons (Fsp3) is 0.417. The largest absolute Gasteiger partial charge is 0.507 e. The zero-order valence-corrected chi connectivity index (χ0v) is 19.2. The van der Waals surface area contributed by atoms with Crippen LogP contribution in [0.4, 0.5) is 0 Å². The van der Waals surface area contributed by atoms with Gasteiger partial charge in [0.05, 0.1) is 30.9 Å². The van der Waals surface area contributed by atoms with Crippen LogP contribution < -0.4 is 4.74 Å². The molecule has 3 aromatic rings. The second-order valence-electron chi connectivity index (χ2n) is 7.36. The molecule has 0 saturated carbocycles. The van der Waals surface area contributed by atoms with Crippen molar-refractivity contribution in [2.45, 2.75) is 20.1 Å². The summed E-state index contributed by atoms with van der Waals surface area (Å²) in [6.07, 6.45) is 0. The van der Waals surface area contributed by atoms with Crippen LogP contribution in [-0.2, 0) is 27.4 Å². The highest BCUT2D eigenvalue weighted by atomic mass is 16.5. The van der Waals surface area contributed by atoms with Crippen LogP contribution in [0.5, 0.6) is 11.5 Å². The summed E-state index contributed by atoms with van der Waals surface area (Å²) in [5, 5.41) is 15.4. The Morgan fingerprint density at radius 1 is 1.06 bits per heavy atom. The Balaban J connectivity index is 1.73. The lowest BCUT2D eigenvalue weighted by Crippen LogP contribution is -2.30. The van der Waals surface area contributed by atoms with E-state index in [0.29, 0.717) is 67.6 Å². The monoisotopic (exact) mass is 458 g/mol. The summed E-state index contributed by atoms with van der Waals surface area (Å²) in [5.41, 5.74) is 2.24. The number of hydrogen-bond donors (Lipinski definition) is 1. The van der Waals surface area contributed by atoms with Gasteiger partial charge in [-0.05, 0) is 43.3 Å². The third kappa shape index (κ3) is 6.44. The van der Waals surface area contributed by atoms with Gasteiger partial charge in [0.15, 0.2) is 5.58 Å². The quantitative estimate of drug-likeness (QED) is 0.386. The van der Waals surface area contributed by atoms with E-state index in [1.807, 2.05) is 0 Å². The number of esters is 1. The maximum atomic E-state index is 11.8. The Morgan fingerprint density at radius 3 is 2.39 bits per heavy atom. The zero-order valence-electron chi connectivity index (χ0n) is 19.2. The van der Waals surface area contributed by atoms with Crippen molar-refractivity contribution in [3.63, 3.8) is 0 Å². The SMILES string of the molecule is CCOC(=O)c1ccc(OCc2noc3c(CN(CCOC)CCOC)c(O)ccc23)cc1. The van der Waals surface area contributed by atoms with Gasteiger partial charge in [-0.3, -0.25) is 4.90 Å². The first-order chi connectivity index (χ1) is 16.1. The van der Waals surface area contributed by atoms with Crippen molar-refractivity contribution in [3.05, 3.63) is 53.2 Å². The minimum Gasteiger partial charge on any atom is -0.507 e. The van der Waals surface area contributed by atoms with Crippen LogP contribution in [0.1, 0.15) is 28.5 Å². The number of rotatable bonds is 13. The number of phenols is 1. The van der Waals surface area contributed by atoms with E-state index in [1.54, 1.807) is 57.5 Å². The molecule has 1 N–H and O–H groups in total. The molecule has 178 valence electrons. The van der Waals surface area contributed by atoms with Crippen LogP contribution in [-0.4, -0.2) is 68.3 Å². The molecule has 0 radical (unpaired) electrons. The molecule has 0 aliphatic rings. The van der Waals surface area contributed by atoms with Gasteiger partial charge < -0.3 is 28.6 Å². The molecule has 9 heteroatoms. The summed E-state index contributed by atoms with van der Waals surface area (Å²) in [7, 11) is 3.31. The third-order valence-corrected chi connectivity index (χ3v) is 5.14. The topological polar surface area (TPSA) is 103 Å². The average molecular weight is 459 g/mol. The predicted molar refractivity (Wildman–Crippen MR) is 121 cm³/mol. The number of fused-ring (bicyclic) bond motifs is 1. The smallest absolute Gasteiger partial charge is 0.338 e. The van der Waals surface area contributed by atoms with Gasteiger partial charge in [-0.1, -0.05) is 5.16 Å². The fourth-order valence-electron chi connectivity index (χ4n) is 3.34. The highest BCUT2D eigenvalue weighted by Gasteiger charge is 2.19. The van der Waals surface area contributed by atoms with Crippen molar-refractivity contribution in [2.24, 2.45) is 0 Å². The standard InChI is InChI=1S/C24H30N2O7/c1-4-31-24(28)17-5-7-18(8-6-17)32-16-21-19-9-10-22(27)20(23(19)33-25-21)15-26(11-13-29-2)12-14-30-3/h5-10,27H,4,11-16H2,1-3H3. The molecule has 9 nitrogen and oxygen atoms in total. The Labute approximate surface area is 192 Å². The lowest BCUT2D eigenvalue weighted by atomic mass is 10.1. The first kappa shape index (κ1) is 24.5. The first-order valence-electron chi connectivity index (χ1n) is 10.8. The number of aromatic hydroxyl groups is 1. The van der Waals surface area contributed by atoms with Crippen molar-refractivity contribution in [1.82, 2.24) is 10.1 Å². The number of aromatic nitrogens is 1. The molecule has 0 amide bonds. The Bertz CT molecular complexity index is 1030. The van der Waals surface area contributed by atoms with E-state index >= 15 is 0 Å². The lowest BCUT2D eigenvalue weighted by molar-refractivity contribution is 0.0526. The summed E-state index contributed by atoms with van der Waals surface area (Å²) in [6, 6.07) is 10.1.